The molecular weight excluding hydrogens is 280 g/mol. The van der Waals surface area contributed by atoms with Crippen LogP contribution in [0.25, 0.3) is 16.3 Å². The summed E-state index contributed by atoms with van der Waals surface area (Å²) >= 11 is 1.65. The zero-order valence-electron chi connectivity index (χ0n) is 12.3. The molecule has 3 nitrogen and oxygen atoms in total. The summed E-state index contributed by atoms with van der Waals surface area (Å²) in [7, 11) is 0. The Bertz CT molecular complexity index is 814. The van der Waals surface area contributed by atoms with Crippen LogP contribution < -0.4 is 0 Å². The first-order chi connectivity index (χ1) is 10.1. The van der Waals surface area contributed by atoms with E-state index >= 15 is 0 Å². The fraction of sp³-hybridized carbons (Fsp3) is 0.176. The van der Waals surface area contributed by atoms with E-state index in [9.17, 15) is 4.79 Å². The Labute approximate surface area is 127 Å². The van der Waals surface area contributed by atoms with Gasteiger partial charge in [0.05, 0.1) is 16.1 Å². The summed E-state index contributed by atoms with van der Waals surface area (Å²) in [4.78, 5) is 13.6. The van der Waals surface area contributed by atoms with Gasteiger partial charge in [-0.1, -0.05) is 17.7 Å². The molecule has 4 heteroatoms. The minimum Gasteiger partial charge on any atom is -0.298 e. The number of aryl methyl sites for hydroxylation is 3. The van der Waals surface area contributed by atoms with E-state index in [0.29, 0.717) is 5.56 Å². The molecule has 3 rings (SSSR count). The fourth-order valence-electron chi connectivity index (χ4n) is 2.41. The van der Waals surface area contributed by atoms with Crippen molar-refractivity contribution in [3.8, 4) is 16.3 Å². The summed E-state index contributed by atoms with van der Waals surface area (Å²) in [5.74, 6) is 0. The molecule has 0 aliphatic rings. The van der Waals surface area contributed by atoms with Crippen molar-refractivity contribution in [1.29, 1.82) is 0 Å². The van der Waals surface area contributed by atoms with E-state index in [4.69, 9.17) is 0 Å². The molecule has 0 amide bonds. The fourth-order valence-corrected chi connectivity index (χ4v) is 3.29. The van der Waals surface area contributed by atoms with Crippen LogP contribution in [0.4, 0.5) is 0 Å². The molecule has 2 heterocycles. The molecule has 106 valence electrons. The van der Waals surface area contributed by atoms with Gasteiger partial charge in [-0.3, -0.25) is 4.79 Å². The smallest absolute Gasteiger partial charge is 0.153 e. The first kappa shape index (κ1) is 13.8. The maximum atomic E-state index is 11.3. The van der Waals surface area contributed by atoms with Crippen molar-refractivity contribution in [2.75, 3.05) is 0 Å². The SMILES string of the molecule is Cc1ccc(-n2cc(C=O)c(-c3ccc(C)s3)n2)c(C)c1. The Morgan fingerprint density at radius 2 is 1.95 bits per heavy atom. The summed E-state index contributed by atoms with van der Waals surface area (Å²) in [6.07, 6.45) is 2.67. The Morgan fingerprint density at radius 3 is 2.57 bits per heavy atom. The largest absolute Gasteiger partial charge is 0.298 e. The highest BCUT2D eigenvalue weighted by Gasteiger charge is 2.14. The van der Waals surface area contributed by atoms with E-state index in [1.807, 2.05) is 18.2 Å². The third kappa shape index (κ3) is 2.54. The van der Waals surface area contributed by atoms with Crippen LogP contribution in [0.5, 0.6) is 0 Å². The number of nitrogens with zero attached hydrogens (tertiary/aromatic N) is 2. The van der Waals surface area contributed by atoms with Crippen molar-refractivity contribution in [2.24, 2.45) is 0 Å². The summed E-state index contributed by atoms with van der Waals surface area (Å²) in [6.45, 7) is 6.17. The van der Waals surface area contributed by atoms with E-state index in [1.54, 1.807) is 22.2 Å². The monoisotopic (exact) mass is 296 g/mol. The van der Waals surface area contributed by atoms with E-state index in [0.717, 1.165) is 28.1 Å². The van der Waals surface area contributed by atoms with Crippen molar-refractivity contribution in [3.63, 3.8) is 0 Å². The number of carbonyl (C=O) groups is 1. The molecule has 0 fully saturated rings. The number of hydrogen-bond acceptors (Lipinski definition) is 3. The van der Waals surface area contributed by atoms with Gasteiger partial charge in [0.15, 0.2) is 6.29 Å². The highest BCUT2D eigenvalue weighted by molar-refractivity contribution is 7.15. The third-order valence-electron chi connectivity index (χ3n) is 3.44. The van der Waals surface area contributed by atoms with E-state index < -0.39 is 0 Å². The second kappa shape index (κ2) is 5.30. The van der Waals surface area contributed by atoms with E-state index in [1.165, 1.54) is 10.4 Å². The van der Waals surface area contributed by atoms with Gasteiger partial charge in [0.25, 0.3) is 0 Å². The number of aromatic nitrogens is 2. The van der Waals surface area contributed by atoms with Crippen LogP contribution in [0, 0.1) is 20.8 Å². The molecule has 0 aliphatic heterocycles. The van der Waals surface area contributed by atoms with Gasteiger partial charge < -0.3 is 0 Å². The summed E-state index contributed by atoms with van der Waals surface area (Å²) in [5, 5.41) is 4.62. The molecule has 1 aromatic carbocycles. The maximum Gasteiger partial charge on any atom is 0.153 e. The third-order valence-corrected chi connectivity index (χ3v) is 4.45. The molecule has 3 aromatic rings. The number of thiophene rings is 1. The van der Waals surface area contributed by atoms with Crippen LogP contribution in [0.15, 0.2) is 36.5 Å². The van der Waals surface area contributed by atoms with Gasteiger partial charge in [-0.25, -0.2) is 4.68 Å². The van der Waals surface area contributed by atoms with E-state index in [-0.39, 0.29) is 0 Å². The Balaban J connectivity index is 2.13. The molecule has 0 atom stereocenters. The molecule has 0 bridgehead atoms. The minimum absolute atomic E-state index is 0.622. The number of aldehydes is 1. The van der Waals surface area contributed by atoms with Crippen molar-refractivity contribution in [3.05, 3.63) is 58.1 Å². The molecule has 0 spiro atoms. The van der Waals surface area contributed by atoms with Gasteiger partial charge in [-0.05, 0) is 44.5 Å². The zero-order valence-corrected chi connectivity index (χ0v) is 13.1. The second-order valence-corrected chi connectivity index (χ2v) is 6.48. The van der Waals surface area contributed by atoms with Crippen LogP contribution >= 0.6 is 11.3 Å². The highest BCUT2D eigenvalue weighted by Crippen LogP contribution is 2.29. The standard InChI is InChI=1S/C17H16N2OS/c1-11-4-6-15(12(2)8-11)19-9-14(10-20)17(18-19)16-7-5-13(3)21-16/h4-10H,1-3H3. The topological polar surface area (TPSA) is 34.9 Å². The molecule has 0 aliphatic carbocycles. The number of carbonyl (C=O) groups excluding carboxylic acids is 1. The predicted octanol–water partition coefficient (Wildman–Crippen LogP) is 4.34. The molecular formula is C17H16N2OS. The average molecular weight is 296 g/mol. The molecule has 0 N–H and O–H groups in total. The van der Waals surface area contributed by atoms with Gasteiger partial charge >= 0.3 is 0 Å². The highest BCUT2D eigenvalue weighted by atomic mass is 32.1. The van der Waals surface area contributed by atoms with Crippen molar-refractivity contribution in [2.45, 2.75) is 20.8 Å². The zero-order chi connectivity index (χ0) is 15.0. The molecule has 2 aromatic heterocycles. The van der Waals surface area contributed by atoms with Crippen LogP contribution in [-0.4, -0.2) is 16.1 Å². The summed E-state index contributed by atoms with van der Waals surface area (Å²) in [6, 6.07) is 10.3. The lowest BCUT2D eigenvalue weighted by Crippen LogP contribution is -1.98. The molecule has 0 saturated heterocycles. The predicted molar refractivity (Wildman–Crippen MR) is 86.5 cm³/mol. The number of rotatable bonds is 3. The van der Waals surface area contributed by atoms with Crippen molar-refractivity contribution < 1.29 is 4.79 Å². The lowest BCUT2D eigenvalue weighted by Gasteiger charge is -2.06. The van der Waals surface area contributed by atoms with Crippen molar-refractivity contribution in [1.82, 2.24) is 9.78 Å². The number of benzene rings is 1. The van der Waals surface area contributed by atoms with Crippen LogP contribution in [-0.2, 0) is 0 Å². The van der Waals surface area contributed by atoms with Crippen molar-refractivity contribution >= 4 is 17.6 Å². The Kier molecular flexibility index (Phi) is 3.47. The lowest BCUT2D eigenvalue weighted by atomic mass is 10.1. The Morgan fingerprint density at radius 1 is 1.14 bits per heavy atom. The second-order valence-electron chi connectivity index (χ2n) is 5.20. The molecule has 0 saturated carbocycles. The average Bonchev–Trinajstić information content (AvgIpc) is 3.04. The minimum atomic E-state index is 0.622. The van der Waals surface area contributed by atoms with E-state index in [2.05, 4.69) is 38.0 Å². The van der Waals surface area contributed by atoms with Gasteiger partial charge in [-0.15, -0.1) is 11.3 Å². The van der Waals surface area contributed by atoms with Gasteiger partial charge in [0.2, 0.25) is 0 Å². The maximum absolute atomic E-state index is 11.3. The number of hydrogen-bond donors (Lipinski definition) is 0. The first-order valence-corrected chi connectivity index (χ1v) is 7.59. The molecule has 0 unspecified atom stereocenters. The van der Waals surface area contributed by atoms with Crippen LogP contribution in [0.3, 0.4) is 0 Å². The molecule has 21 heavy (non-hydrogen) atoms. The first-order valence-electron chi connectivity index (χ1n) is 6.78. The van der Waals surface area contributed by atoms with Crippen LogP contribution in [0.2, 0.25) is 0 Å². The summed E-state index contributed by atoms with van der Waals surface area (Å²) in [5.41, 5.74) is 4.74. The van der Waals surface area contributed by atoms with Gasteiger partial charge in [-0.2, -0.15) is 5.10 Å². The lowest BCUT2D eigenvalue weighted by molar-refractivity contribution is 0.112. The van der Waals surface area contributed by atoms with Gasteiger partial charge in [0.1, 0.15) is 5.69 Å². The van der Waals surface area contributed by atoms with Gasteiger partial charge in [0, 0.05) is 11.1 Å². The van der Waals surface area contributed by atoms with Crippen LogP contribution in [0.1, 0.15) is 26.4 Å². The molecule has 0 radical (unpaired) electrons. The normalized spacial score (nSPS) is 10.8. The Hall–Kier alpha value is -2.20. The summed E-state index contributed by atoms with van der Waals surface area (Å²) < 4.78 is 1.79. The quantitative estimate of drug-likeness (QED) is 0.674.